The fraction of sp³-hybridized carbons (Fsp3) is 0.381. The molecule has 1 N–H and O–H groups in total. The van der Waals surface area contributed by atoms with Crippen molar-refractivity contribution in [1.82, 2.24) is 0 Å². The number of carboxylic acid groups (broad SMARTS) is 1. The predicted octanol–water partition coefficient (Wildman–Crippen LogP) is 4.40. The van der Waals surface area contributed by atoms with E-state index < -0.39 is 18.0 Å². The van der Waals surface area contributed by atoms with Crippen LogP contribution in [0.5, 0.6) is 11.5 Å². The lowest BCUT2D eigenvalue weighted by Gasteiger charge is -2.37. The molecule has 2 aromatic rings. The van der Waals surface area contributed by atoms with E-state index in [4.69, 9.17) is 14.2 Å². The number of unbranched alkanes of at least 4 members (excludes halogenated alkanes) is 1. The maximum atomic E-state index is 12.0. The smallest absolute Gasteiger partial charge is 0.377 e. The number of benzene rings is 2. The number of fused-ring (bicyclic) bond motifs is 1. The Bertz CT molecular complexity index is 730. The fourth-order valence-electron chi connectivity index (χ4n) is 3.00. The Morgan fingerprint density at radius 2 is 1.92 bits per heavy atom. The third-order valence-corrected chi connectivity index (χ3v) is 4.42. The quantitative estimate of drug-likeness (QED) is 0.710. The van der Waals surface area contributed by atoms with Gasteiger partial charge in [-0.1, -0.05) is 49.7 Å². The van der Waals surface area contributed by atoms with Gasteiger partial charge in [-0.2, -0.15) is 0 Å². The van der Waals surface area contributed by atoms with Crippen LogP contribution in [-0.4, -0.2) is 23.2 Å². The first kappa shape index (κ1) is 18.3. The molecule has 1 aliphatic heterocycles. The van der Waals surface area contributed by atoms with Gasteiger partial charge in [-0.05, 0) is 36.6 Å². The van der Waals surface area contributed by atoms with Gasteiger partial charge in [0.2, 0.25) is 6.29 Å². The van der Waals surface area contributed by atoms with E-state index in [1.165, 1.54) is 0 Å². The van der Waals surface area contributed by atoms with E-state index in [-0.39, 0.29) is 6.42 Å². The highest BCUT2D eigenvalue weighted by atomic mass is 16.8. The average Bonchev–Trinajstić information content (AvgIpc) is 2.66. The Kier molecular flexibility index (Phi) is 5.78. The molecule has 1 heterocycles. The lowest BCUT2D eigenvalue weighted by Crippen LogP contribution is -2.52. The van der Waals surface area contributed by atoms with Crippen molar-refractivity contribution in [2.24, 2.45) is 0 Å². The summed E-state index contributed by atoms with van der Waals surface area (Å²) in [5.41, 5.74) is 0.988. The van der Waals surface area contributed by atoms with Crippen molar-refractivity contribution < 1.29 is 24.1 Å². The molecule has 2 unspecified atom stereocenters. The lowest BCUT2D eigenvalue weighted by molar-refractivity contribution is -0.264. The first-order chi connectivity index (χ1) is 12.6. The van der Waals surface area contributed by atoms with Gasteiger partial charge in [0.05, 0.1) is 0 Å². The number of hydrogen-bond acceptors (Lipinski definition) is 4. The van der Waals surface area contributed by atoms with Crippen molar-refractivity contribution >= 4 is 5.97 Å². The summed E-state index contributed by atoms with van der Waals surface area (Å²) in [5.74, 6) is -1.67. The average molecular weight is 356 g/mol. The molecule has 2 atom stereocenters. The summed E-state index contributed by atoms with van der Waals surface area (Å²) in [4.78, 5) is 12.0. The maximum absolute atomic E-state index is 12.0. The molecule has 0 radical (unpaired) electrons. The number of aliphatic carboxylic acids is 1. The monoisotopic (exact) mass is 356 g/mol. The number of rotatable bonds is 8. The van der Waals surface area contributed by atoms with Crippen molar-refractivity contribution in [3.8, 4) is 11.5 Å². The maximum Gasteiger partial charge on any atom is 0.377 e. The van der Waals surface area contributed by atoms with Crippen molar-refractivity contribution in [1.29, 1.82) is 0 Å². The Morgan fingerprint density at radius 3 is 2.65 bits per heavy atom. The normalized spacial score (nSPS) is 19.9. The van der Waals surface area contributed by atoms with E-state index >= 15 is 0 Å². The Balaban J connectivity index is 1.81. The van der Waals surface area contributed by atoms with Crippen LogP contribution in [-0.2, 0) is 16.0 Å². The number of aryl methyl sites for hydroxylation is 1. The van der Waals surface area contributed by atoms with Crippen LogP contribution in [0, 0.1) is 0 Å². The summed E-state index contributed by atoms with van der Waals surface area (Å²) in [6, 6.07) is 16.7. The molecule has 0 saturated carbocycles. The molecule has 2 aromatic carbocycles. The molecule has 5 heteroatoms. The van der Waals surface area contributed by atoms with Crippen molar-refractivity contribution in [3.63, 3.8) is 0 Å². The number of hydrogen-bond donors (Lipinski definition) is 1. The molecule has 0 spiro atoms. The van der Waals surface area contributed by atoms with Gasteiger partial charge >= 0.3 is 11.8 Å². The van der Waals surface area contributed by atoms with E-state index in [1.807, 2.05) is 48.5 Å². The van der Waals surface area contributed by atoms with Gasteiger partial charge in [-0.25, -0.2) is 4.79 Å². The van der Waals surface area contributed by atoms with Gasteiger partial charge < -0.3 is 14.6 Å². The zero-order valence-corrected chi connectivity index (χ0v) is 14.9. The summed E-state index contributed by atoms with van der Waals surface area (Å²) < 4.78 is 17.7. The van der Waals surface area contributed by atoms with Crippen LogP contribution < -0.4 is 9.47 Å². The summed E-state index contributed by atoms with van der Waals surface area (Å²) in [7, 11) is 0. The van der Waals surface area contributed by atoms with Gasteiger partial charge in [-0.3, -0.25) is 4.74 Å². The summed E-state index contributed by atoms with van der Waals surface area (Å²) in [5, 5.41) is 9.85. The second kappa shape index (κ2) is 8.23. The second-order valence-electron chi connectivity index (χ2n) is 6.39. The van der Waals surface area contributed by atoms with Crippen molar-refractivity contribution in [2.75, 3.05) is 0 Å². The highest BCUT2D eigenvalue weighted by Crippen LogP contribution is 2.35. The molecule has 1 aliphatic rings. The van der Waals surface area contributed by atoms with E-state index in [0.29, 0.717) is 24.3 Å². The molecule has 0 amide bonds. The first-order valence-electron chi connectivity index (χ1n) is 9.03. The molecular formula is C21H24O5. The molecule has 0 aromatic heterocycles. The van der Waals surface area contributed by atoms with Crippen LogP contribution in [0.1, 0.15) is 38.2 Å². The van der Waals surface area contributed by atoms with Crippen LogP contribution in [0.15, 0.2) is 54.6 Å². The highest BCUT2D eigenvalue weighted by molar-refractivity contribution is 5.76. The molecular weight excluding hydrogens is 332 g/mol. The fourth-order valence-corrected chi connectivity index (χ4v) is 3.00. The van der Waals surface area contributed by atoms with Crippen LogP contribution in [0.3, 0.4) is 0 Å². The summed E-state index contributed by atoms with van der Waals surface area (Å²) in [6.45, 7) is 2.07. The Labute approximate surface area is 153 Å². The number of carbonyl (C=O) groups is 1. The second-order valence-corrected chi connectivity index (χ2v) is 6.39. The minimum Gasteiger partial charge on any atom is -0.476 e. The summed E-state index contributed by atoms with van der Waals surface area (Å²) >= 11 is 0. The first-order valence-corrected chi connectivity index (χ1v) is 9.03. The van der Waals surface area contributed by atoms with Crippen LogP contribution in [0.2, 0.25) is 0 Å². The lowest BCUT2D eigenvalue weighted by atomic mass is 9.99. The van der Waals surface area contributed by atoms with Gasteiger partial charge in [0, 0.05) is 12.8 Å². The molecule has 0 fully saturated rings. The van der Waals surface area contributed by atoms with Crippen LogP contribution in [0.25, 0.3) is 0 Å². The zero-order chi connectivity index (χ0) is 18.4. The SMILES string of the molecule is CCCCC(Oc1ccccc1)OC1(C(=O)O)CCc2ccccc2O1. The standard InChI is InChI=1S/C21H24O5/c1-2-3-13-19(24-17-10-5-4-6-11-17)26-21(20(22)23)15-14-16-9-7-8-12-18(16)25-21/h4-12,19H,2-3,13-15H2,1H3,(H,22,23). The predicted molar refractivity (Wildman–Crippen MR) is 97.2 cm³/mol. The largest absolute Gasteiger partial charge is 0.476 e. The molecule has 5 nitrogen and oxygen atoms in total. The third-order valence-electron chi connectivity index (χ3n) is 4.42. The zero-order valence-electron chi connectivity index (χ0n) is 14.9. The topological polar surface area (TPSA) is 65.0 Å². The van der Waals surface area contributed by atoms with Crippen molar-refractivity contribution in [2.45, 2.75) is 51.1 Å². The molecule has 0 saturated heterocycles. The number of ether oxygens (including phenoxy) is 3. The van der Waals surface area contributed by atoms with Gasteiger partial charge in [-0.15, -0.1) is 0 Å². The van der Waals surface area contributed by atoms with Crippen LogP contribution >= 0.6 is 0 Å². The van der Waals surface area contributed by atoms with E-state index in [2.05, 4.69) is 6.92 Å². The molecule has 26 heavy (non-hydrogen) atoms. The van der Waals surface area contributed by atoms with Gasteiger partial charge in [0.15, 0.2) is 0 Å². The Morgan fingerprint density at radius 1 is 1.19 bits per heavy atom. The van der Waals surface area contributed by atoms with Crippen molar-refractivity contribution in [3.05, 3.63) is 60.2 Å². The minimum atomic E-state index is -1.73. The molecule has 138 valence electrons. The van der Waals surface area contributed by atoms with Gasteiger partial charge in [0.1, 0.15) is 11.5 Å². The number of para-hydroxylation sites is 2. The van der Waals surface area contributed by atoms with E-state index in [9.17, 15) is 9.90 Å². The van der Waals surface area contributed by atoms with E-state index in [0.717, 1.165) is 18.4 Å². The molecule has 0 aliphatic carbocycles. The summed E-state index contributed by atoms with van der Waals surface area (Å²) in [6.07, 6.45) is 2.53. The highest BCUT2D eigenvalue weighted by Gasteiger charge is 2.47. The minimum absolute atomic E-state index is 0.236. The van der Waals surface area contributed by atoms with Crippen LogP contribution in [0.4, 0.5) is 0 Å². The molecule has 0 bridgehead atoms. The third kappa shape index (κ3) is 4.17. The molecule has 3 rings (SSSR count). The van der Waals surface area contributed by atoms with E-state index in [1.54, 1.807) is 6.07 Å². The van der Waals surface area contributed by atoms with Gasteiger partial charge in [0.25, 0.3) is 0 Å². The number of carboxylic acids is 1. The Hall–Kier alpha value is -2.53.